The Hall–Kier alpha value is -4.00. The quantitative estimate of drug-likeness (QED) is 0.284. The minimum Gasteiger partial charge on any atom is -0.466 e. The third-order valence-electron chi connectivity index (χ3n) is 7.80. The molecule has 0 saturated carbocycles. The molecule has 5 rings (SSSR count). The lowest BCUT2D eigenvalue weighted by Gasteiger charge is -2.30. The Bertz CT molecular complexity index is 1510. The summed E-state index contributed by atoms with van der Waals surface area (Å²) in [7, 11) is 1.88. The Balaban J connectivity index is 1.45. The first-order chi connectivity index (χ1) is 18.9. The van der Waals surface area contributed by atoms with Gasteiger partial charge in [-0.25, -0.2) is 4.68 Å². The Kier molecular flexibility index (Phi) is 7.77. The molecule has 4 aromatic rings. The molecule has 1 aliphatic heterocycles. The molecule has 0 radical (unpaired) electrons. The molecule has 0 saturated heterocycles. The molecule has 0 N–H and O–H groups in total. The van der Waals surface area contributed by atoms with Gasteiger partial charge in [0.05, 0.1) is 18.5 Å². The van der Waals surface area contributed by atoms with Crippen LogP contribution in [0.1, 0.15) is 76.3 Å². The molecule has 39 heavy (non-hydrogen) atoms. The van der Waals surface area contributed by atoms with Gasteiger partial charge in [-0.1, -0.05) is 55.0 Å². The van der Waals surface area contributed by atoms with Gasteiger partial charge in [0.2, 0.25) is 0 Å². The topological polar surface area (TPSA) is 77.3 Å². The number of rotatable bonds is 8. The molecule has 7 nitrogen and oxygen atoms in total. The molecule has 7 heteroatoms. The molecule has 2 heterocycles. The van der Waals surface area contributed by atoms with Crippen molar-refractivity contribution in [2.75, 3.05) is 13.2 Å². The first-order valence-electron chi connectivity index (χ1n) is 13.8. The van der Waals surface area contributed by atoms with Crippen LogP contribution in [-0.4, -0.2) is 44.9 Å². The van der Waals surface area contributed by atoms with Crippen molar-refractivity contribution in [1.29, 1.82) is 0 Å². The highest BCUT2D eigenvalue weighted by Gasteiger charge is 2.26. The highest BCUT2D eigenvalue weighted by molar-refractivity contribution is 5.94. The van der Waals surface area contributed by atoms with Crippen molar-refractivity contribution in [1.82, 2.24) is 19.9 Å². The van der Waals surface area contributed by atoms with E-state index >= 15 is 0 Å². The van der Waals surface area contributed by atoms with Crippen molar-refractivity contribution in [2.45, 2.75) is 58.9 Å². The number of hydrogen-bond acceptors (Lipinski definition) is 5. The number of carbonyl (C=O) groups excluding carboxylic acids is 2. The lowest BCUT2D eigenvalue weighted by atomic mass is 9.83. The van der Waals surface area contributed by atoms with E-state index in [-0.39, 0.29) is 24.2 Å². The number of aromatic nitrogens is 3. The summed E-state index contributed by atoms with van der Waals surface area (Å²) >= 11 is 0. The van der Waals surface area contributed by atoms with Crippen LogP contribution in [0, 0.1) is 6.92 Å². The summed E-state index contributed by atoms with van der Waals surface area (Å²) in [6.07, 6.45) is 3.14. The average molecular weight is 525 g/mol. The first-order valence-corrected chi connectivity index (χ1v) is 13.8. The fraction of sp³-hybridized carbons (Fsp3) is 0.375. The molecule has 0 aliphatic carbocycles. The minimum absolute atomic E-state index is 0.0566. The molecule has 1 amide bonds. The zero-order valence-electron chi connectivity index (χ0n) is 23.2. The fourth-order valence-electron chi connectivity index (χ4n) is 5.67. The Morgan fingerprint density at radius 1 is 1.03 bits per heavy atom. The van der Waals surface area contributed by atoms with Crippen molar-refractivity contribution in [2.24, 2.45) is 7.05 Å². The van der Waals surface area contributed by atoms with Crippen molar-refractivity contribution < 1.29 is 14.3 Å². The van der Waals surface area contributed by atoms with Crippen LogP contribution in [0.4, 0.5) is 0 Å². The Morgan fingerprint density at radius 2 is 1.82 bits per heavy atom. The summed E-state index contributed by atoms with van der Waals surface area (Å²) in [5.74, 6) is -0.374. The third kappa shape index (κ3) is 5.44. The van der Waals surface area contributed by atoms with E-state index in [9.17, 15) is 9.59 Å². The summed E-state index contributed by atoms with van der Waals surface area (Å²) < 4.78 is 7.11. The highest BCUT2D eigenvalue weighted by Crippen LogP contribution is 2.35. The predicted molar refractivity (Wildman–Crippen MR) is 152 cm³/mol. The molecule has 1 aliphatic rings. The van der Waals surface area contributed by atoms with Gasteiger partial charge in [0.15, 0.2) is 0 Å². The van der Waals surface area contributed by atoms with Crippen LogP contribution in [0.3, 0.4) is 0 Å². The van der Waals surface area contributed by atoms with Crippen LogP contribution in [-0.2, 0) is 36.0 Å². The van der Waals surface area contributed by atoms with E-state index in [0.29, 0.717) is 19.7 Å². The molecule has 1 atom stereocenters. The maximum atomic E-state index is 13.4. The van der Waals surface area contributed by atoms with Crippen LogP contribution in [0.15, 0.2) is 54.6 Å². The van der Waals surface area contributed by atoms with Crippen molar-refractivity contribution in [3.05, 3.63) is 93.5 Å². The Morgan fingerprint density at radius 3 is 2.56 bits per heavy atom. The largest absolute Gasteiger partial charge is 0.466 e. The zero-order chi connectivity index (χ0) is 27.5. The normalized spacial score (nSPS) is 13.8. The van der Waals surface area contributed by atoms with E-state index in [1.54, 1.807) is 4.68 Å². The van der Waals surface area contributed by atoms with Gasteiger partial charge < -0.3 is 9.64 Å². The van der Waals surface area contributed by atoms with E-state index < -0.39 is 0 Å². The maximum Gasteiger partial charge on any atom is 0.306 e. The molecule has 3 aromatic carbocycles. The second kappa shape index (κ2) is 11.4. The van der Waals surface area contributed by atoms with Crippen molar-refractivity contribution >= 4 is 22.9 Å². The maximum absolute atomic E-state index is 13.4. The molecule has 0 bridgehead atoms. The van der Waals surface area contributed by atoms with Gasteiger partial charge in [-0.2, -0.15) is 0 Å². The number of aryl methyl sites for hydroxylation is 3. The van der Waals surface area contributed by atoms with Gasteiger partial charge in [0.25, 0.3) is 5.91 Å². The standard InChI is InChI=1S/C32H36N4O3/c1-5-7-22-8-10-24(11-9-22)32(38)36-17-16-23-12-13-25(18-26(23)20-36)28(19-30(37)39-6-2)27-14-15-29-31(21(27)3)33-34-35(29)4/h8-15,18,28H,5-7,16-17,19-20H2,1-4H3. The van der Waals surface area contributed by atoms with E-state index in [0.717, 1.165) is 58.1 Å². The van der Waals surface area contributed by atoms with Crippen molar-refractivity contribution in [3.8, 4) is 0 Å². The van der Waals surface area contributed by atoms with Crippen LogP contribution in [0.5, 0.6) is 0 Å². The summed E-state index contributed by atoms with van der Waals surface area (Å²) in [4.78, 5) is 28.0. The summed E-state index contributed by atoms with van der Waals surface area (Å²) in [5.41, 5.74) is 9.22. The van der Waals surface area contributed by atoms with E-state index in [2.05, 4.69) is 53.6 Å². The van der Waals surface area contributed by atoms with Crippen LogP contribution < -0.4 is 0 Å². The first kappa shape index (κ1) is 26.6. The molecule has 1 unspecified atom stereocenters. The van der Waals surface area contributed by atoms with Gasteiger partial charge in [-0.15, -0.1) is 5.10 Å². The van der Waals surface area contributed by atoms with E-state index in [1.165, 1.54) is 11.1 Å². The molecular weight excluding hydrogens is 488 g/mol. The smallest absolute Gasteiger partial charge is 0.306 e. The zero-order valence-corrected chi connectivity index (χ0v) is 23.2. The number of hydrogen-bond donors (Lipinski definition) is 0. The van der Waals surface area contributed by atoms with E-state index in [1.807, 2.05) is 44.0 Å². The lowest BCUT2D eigenvalue weighted by molar-refractivity contribution is -0.143. The summed E-state index contributed by atoms with van der Waals surface area (Å²) in [6, 6.07) is 18.5. The number of benzene rings is 3. The number of ether oxygens (including phenoxy) is 1. The molecular formula is C32H36N4O3. The Labute approximate surface area is 229 Å². The van der Waals surface area contributed by atoms with Crippen molar-refractivity contribution in [3.63, 3.8) is 0 Å². The number of nitrogens with zero attached hydrogens (tertiary/aromatic N) is 4. The van der Waals surface area contributed by atoms with Crippen LogP contribution in [0.2, 0.25) is 0 Å². The minimum atomic E-state index is -0.234. The van der Waals surface area contributed by atoms with Crippen LogP contribution in [0.25, 0.3) is 11.0 Å². The summed E-state index contributed by atoms with van der Waals surface area (Å²) in [6.45, 7) is 7.60. The SMILES string of the molecule is CCCc1ccc(C(=O)N2CCc3ccc(C(CC(=O)OCC)c4ccc5c(nnn5C)c4C)cc3C2)cc1. The van der Waals surface area contributed by atoms with Gasteiger partial charge in [-0.3, -0.25) is 9.59 Å². The molecule has 1 aromatic heterocycles. The lowest BCUT2D eigenvalue weighted by Crippen LogP contribution is -2.36. The number of esters is 1. The highest BCUT2D eigenvalue weighted by atomic mass is 16.5. The second-order valence-electron chi connectivity index (χ2n) is 10.4. The summed E-state index contributed by atoms with van der Waals surface area (Å²) in [5, 5.41) is 8.55. The molecule has 202 valence electrons. The average Bonchev–Trinajstić information content (AvgIpc) is 3.33. The number of fused-ring (bicyclic) bond motifs is 2. The van der Waals surface area contributed by atoms with E-state index in [4.69, 9.17) is 4.74 Å². The number of amides is 1. The van der Waals surface area contributed by atoms with Gasteiger partial charge in [0.1, 0.15) is 5.52 Å². The van der Waals surface area contributed by atoms with Gasteiger partial charge >= 0.3 is 5.97 Å². The monoisotopic (exact) mass is 524 g/mol. The second-order valence-corrected chi connectivity index (χ2v) is 10.4. The van der Waals surface area contributed by atoms with Gasteiger partial charge in [0, 0.05) is 31.6 Å². The predicted octanol–water partition coefficient (Wildman–Crippen LogP) is 5.51. The molecule has 0 spiro atoms. The molecule has 0 fully saturated rings. The van der Waals surface area contributed by atoms with Crippen LogP contribution >= 0.6 is 0 Å². The van der Waals surface area contributed by atoms with Gasteiger partial charge in [-0.05, 0) is 78.3 Å². The fourth-order valence-corrected chi connectivity index (χ4v) is 5.67. The number of carbonyl (C=O) groups is 2. The third-order valence-corrected chi connectivity index (χ3v) is 7.80.